The first-order valence-electron chi connectivity index (χ1n) is 5.86. The molecule has 0 aliphatic carbocycles. The van der Waals surface area contributed by atoms with Gasteiger partial charge in [0, 0.05) is 11.4 Å². The fraction of sp³-hybridized carbons (Fsp3) is 0.214. The van der Waals surface area contributed by atoms with E-state index in [1.165, 1.54) is 0 Å². The molecule has 3 N–H and O–H groups in total. The number of nitrogens with one attached hydrogen (secondary N) is 1. The second-order valence-corrected chi connectivity index (χ2v) is 4.13. The number of carbonyl (C=O) groups is 1. The summed E-state index contributed by atoms with van der Waals surface area (Å²) >= 11 is 0. The Bertz CT molecular complexity index is 573. The first-order chi connectivity index (χ1) is 8.60. The monoisotopic (exact) mass is 244 g/mol. The summed E-state index contributed by atoms with van der Waals surface area (Å²) in [5, 5.41) is 2.75. The van der Waals surface area contributed by atoms with E-state index in [1.54, 1.807) is 25.1 Å². The number of benzene rings is 1. The third-order valence-corrected chi connectivity index (χ3v) is 2.75. The molecule has 2 rings (SSSR count). The summed E-state index contributed by atoms with van der Waals surface area (Å²) in [6, 6.07) is 8.91. The molecular weight excluding hydrogens is 228 g/mol. The molecule has 0 saturated carbocycles. The zero-order valence-corrected chi connectivity index (χ0v) is 10.5. The van der Waals surface area contributed by atoms with E-state index >= 15 is 0 Å². The van der Waals surface area contributed by atoms with Gasteiger partial charge in [0.2, 0.25) is 0 Å². The molecule has 0 aliphatic rings. The summed E-state index contributed by atoms with van der Waals surface area (Å²) in [6.07, 6.45) is 0.872. The van der Waals surface area contributed by atoms with Crippen LogP contribution in [0.2, 0.25) is 0 Å². The van der Waals surface area contributed by atoms with Gasteiger partial charge in [-0.25, -0.2) is 0 Å². The second kappa shape index (κ2) is 4.96. The molecule has 0 spiro atoms. The van der Waals surface area contributed by atoms with Gasteiger partial charge < -0.3 is 15.5 Å². The lowest BCUT2D eigenvalue weighted by Gasteiger charge is -2.07. The van der Waals surface area contributed by atoms with E-state index in [0.717, 1.165) is 12.0 Å². The van der Waals surface area contributed by atoms with Gasteiger partial charge in [-0.3, -0.25) is 4.79 Å². The maximum absolute atomic E-state index is 11.8. The van der Waals surface area contributed by atoms with Gasteiger partial charge in [0.1, 0.15) is 5.76 Å². The molecule has 0 aliphatic heterocycles. The van der Waals surface area contributed by atoms with E-state index in [0.29, 0.717) is 22.9 Å². The van der Waals surface area contributed by atoms with Crippen LogP contribution in [0.3, 0.4) is 0 Å². The first kappa shape index (κ1) is 12.2. The van der Waals surface area contributed by atoms with Crippen LogP contribution in [-0.2, 0) is 6.42 Å². The number of rotatable bonds is 3. The van der Waals surface area contributed by atoms with Crippen LogP contribution in [0.5, 0.6) is 0 Å². The number of carbonyl (C=O) groups excluding carboxylic acids is 1. The molecule has 0 fully saturated rings. The smallest absolute Gasteiger partial charge is 0.291 e. The highest BCUT2D eigenvalue weighted by Crippen LogP contribution is 2.19. The highest BCUT2D eigenvalue weighted by Gasteiger charge is 2.10. The predicted octanol–water partition coefficient (Wildman–Crippen LogP) is 2.98. The van der Waals surface area contributed by atoms with Gasteiger partial charge in [-0.15, -0.1) is 0 Å². The van der Waals surface area contributed by atoms with Crippen molar-refractivity contribution in [1.82, 2.24) is 0 Å². The number of furan rings is 1. The van der Waals surface area contributed by atoms with Crippen molar-refractivity contribution in [2.45, 2.75) is 20.3 Å². The number of amides is 1. The molecule has 1 heterocycles. The molecule has 18 heavy (non-hydrogen) atoms. The summed E-state index contributed by atoms with van der Waals surface area (Å²) in [7, 11) is 0. The van der Waals surface area contributed by atoms with Crippen LogP contribution in [0.15, 0.2) is 34.7 Å². The SMILES string of the molecule is CCc1ccc(NC(=O)c2ccc(C)o2)cc1N. The zero-order chi connectivity index (χ0) is 13.1. The average Bonchev–Trinajstić information content (AvgIpc) is 2.76. The van der Waals surface area contributed by atoms with Crippen molar-refractivity contribution in [3.05, 3.63) is 47.4 Å². The lowest BCUT2D eigenvalue weighted by molar-refractivity contribution is 0.0995. The number of hydrogen-bond donors (Lipinski definition) is 2. The van der Waals surface area contributed by atoms with E-state index in [1.807, 2.05) is 19.1 Å². The minimum absolute atomic E-state index is 0.272. The van der Waals surface area contributed by atoms with Crippen molar-refractivity contribution in [3.63, 3.8) is 0 Å². The fourth-order valence-corrected chi connectivity index (χ4v) is 1.74. The quantitative estimate of drug-likeness (QED) is 0.815. The lowest BCUT2D eigenvalue weighted by Crippen LogP contribution is -2.11. The molecule has 1 aromatic heterocycles. The van der Waals surface area contributed by atoms with Crippen molar-refractivity contribution in [2.24, 2.45) is 0 Å². The standard InChI is InChI=1S/C14H16N2O2/c1-3-10-5-6-11(8-12(10)15)16-14(17)13-7-4-9(2)18-13/h4-8H,3,15H2,1-2H3,(H,16,17). The Morgan fingerprint density at radius 1 is 1.33 bits per heavy atom. The van der Waals surface area contributed by atoms with Crippen LogP contribution >= 0.6 is 0 Å². The van der Waals surface area contributed by atoms with E-state index in [4.69, 9.17) is 10.2 Å². The van der Waals surface area contributed by atoms with Crippen LogP contribution in [0.4, 0.5) is 11.4 Å². The predicted molar refractivity (Wildman–Crippen MR) is 71.6 cm³/mol. The molecule has 4 heteroatoms. The third kappa shape index (κ3) is 2.53. The topological polar surface area (TPSA) is 68.3 Å². The number of hydrogen-bond acceptors (Lipinski definition) is 3. The molecule has 4 nitrogen and oxygen atoms in total. The molecule has 2 aromatic rings. The van der Waals surface area contributed by atoms with E-state index in [-0.39, 0.29) is 5.91 Å². The van der Waals surface area contributed by atoms with Crippen molar-refractivity contribution >= 4 is 17.3 Å². The number of aryl methyl sites for hydroxylation is 2. The van der Waals surface area contributed by atoms with Crippen LogP contribution in [0.25, 0.3) is 0 Å². The first-order valence-corrected chi connectivity index (χ1v) is 5.86. The second-order valence-electron chi connectivity index (χ2n) is 4.13. The van der Waals surface area contributed by atoms with Gasteiger partial charge >= 0.3 is 0 Å². The van der Waals surface area contributed by atoms with Gasteiger partial charge in [0.15, 0.2) is 5.76 Å². The Morgan fingerprint density at radius 3 is 2.67 bits per heavy atom. The Kier molecular flexibility index (Phi) is 3.37. The van der Waals surface area contributed by atoms with E-state index in [9.17, 15) is 4.79 Å². The molecule has 0 saturated heterocycles. The summed E-state index contributed by atoms with van der Waals surface area (Å²) in [4.78, 5) is 11.8. The van der Waals surface area contributed by atoms with Crippen molar-refractivity contribution < 1.29 is 9.21 Å². The summed E-state index contributed by atoms with van der Waals surface area (Å²) < 4.78 is 5.25. The summed E-state index contributed by atoms with van der Waals surface area (Å²) in [5.41, 5.74) is 8.30. The fourth-order valence-electron chi connectivity index (χ4n) is 1.74. The lowest BCUT2D eigenvalue weighted by atomic mass is 10.1. The van der Waals surface area contributed by atoms with Gasteiger partial charge in [0.25, 0.3) is 5.91 Å². The Morgan fingerprint density at radius 2 is 2.11 bits per heavy atom. The Labute approximate surface area is 106 Å². The third-order valence-electron chi connectivity index (χ3n) is 2.75. The number of anilines is 2. The largest absolute Gasteiger partial charge is 0.456 e. The normalized spacial score (nSPS) is 10.3. The zero-order valence-electron chi connectivity index (χ0n) is 10.5. The van der Waals surface area contributed by atoms with Gasteiger partial charge in [-0.1, -0.05) is 13.0 Å². The minimum atomic E-state index is -0.272. The van der Waals surface area contributed by atoms with Crippen molar-refractivity contribution in [3.8, 4) is 0 Å². The highest BCUT2D eigenvalue weighted by molar-refractivity contribution is 6.02. The van der Waals surface area contributed by atoms with Crippen molar-refractivity contribution in [1.29, 1.82) is 0 Å². The summed E-state index contributed by atoms with van der Waals surface area (Å²) in [5.74, 6) is 0.735. The molecule has 1 aromatic carbocycles. The number of nitrogens with two attached hydrogens (primary N) is 1. The van der Waals surface area contributed by atoms with Gasteiger partial charge in [-0.05, 0) is 43.2 Å². The molecule has 1 amide bonds. The molecule has 0 radical (unpaired) electrons. The molecule has 94 valence electrons. The minimum Gasteiger partial charge on any atom is -0.456 e. The van der Waals surface area contributed by atoms with Crippen molar-refractivity contribution in [2.75, 3.05) is 11.1 Å². The van der Waals surface area contributed by atoms with Crippen LogP contribution in [0.1, 0.15) is 28.8 Å². The molecule has 0 atom stereocenters. The van der Waals surface area contributed by atoms with Gasteiger partial charge in [0.05, 0.1) is 0 Å². The molecular formula is C14H16N2O2. The maximum atomic E-state index is 11.8. The van der Waals surface area contributed by atoms with Gasteiger partial charge in [-0.2, -0.15) is 0 Å². The van der Waals surface area contributed by atoms with Crippen LogP contribution in [0, 0.1) is 6.92 Å². The Hall–Kier alpha value is -2.23. The highest BCUT2D eigenvalue weighted by atomic mass is 16.3. The van der Waals surface area contributed by atoms with E-state index < -0.39 is 0 Å². The summed E-state index contributed by atoms with van der Waals surface area (Å²) in [6.45, 7) is 3.83. The molecule has 0 unspecified atom stereocenters. The van der Waals surface area contributed by atoms with Crippen LogP contribution < -0.4 is 11.1 Å². The average molecular weight is 244 g/mol. The Balaban J connectivity index is 2.14. The maximum Gasteiger partial charge on any atom is 0.291 e. The van der Waals surface area contributed by atoms with Crippen LogP contribution in [-0.4, -0.2) is 5.91 Å². The molecule has 0 bridgehead atoms. The number of nitrogen functional groups attached to an aromatic ring is 1. The van der Waals surface area contributed by atoms with E-state index in [2.05, 4.69) is 5.32 Å².